The summed E-state index contributed by atoms with van der Waals surface area (Å²) < 4.78 is 9.89. The molecule has 2 atom stereocenters. The summed E-state index contributed by atoms with van der Waals surface area (Å²) in [4.78, 5) is 14.0. The molecule has 0 saturated heterocycles. The van der Waals surface area contributed by atoms with Gasteiger partial charge in [0.2, 0.25) is 0 Å². The third-order valence-electron chi connectivity index (χ3n) is 4.48. The van der Waals surface area contributed by atoms with Crippen molar-refractivity contribution in [3.63, 3.8) is 0 Å². The Morgan fingerprint density at radius 2 is 2.23 bits per heavy atom. The minimum Gasteiger partial charge on any atom is -0.588 e. The molecule has 1 aliphatic rings. The first-order valence-corrected chi connectivity index (χ1v) is 10.3. The molecule has 0 bridgehead atoms. The van der Waals surface area contributed by atoms with Crippen LogP contribution in [0.4, 0.5) is 5.69 Å². The van der Waals surface area contributed by atoms with Gasteiger partial charge in [-0.05, 0) is 43.7 Å². The zero-order chi connectivity index (χ0) is 21.5. The van der Waals surface area contributed by atoms with Crippen LogP contribution in [-0.4, -0.2) is 53.4 Å². The molecule has 0 amide bonds. The Balaban J connectivity index is 2.10. The Kier molecular flexibility index (Phi) is 7.53. The highest BCUT2D eigenvalue weighted by Gasteiger charge is 2.27. The number of aliphatic imine (C=N–C) groups is 2. The predicted molar refractivity (Wildman–Crippen MR) is 117 cm³/mol. The second-order valence-electron chi connectivity index (χ2n) is 6.80. The molecule has 2 heterocycles. The Morgan fingerprint density at radius 3 is 2.90 bits per heavy atom. The minimum absolute atomic E-state index is 0.0241. The number of carbonyl (C=O) groups excluding carboxylic acids is 1. The van der Waals surface area contributed by atoms with Gasteiger partial charge in [0.25, 0.3) is 0 Å². The van der Waals surface area contributed by atoms with E-state index in [1.165, 1.54) is 7.11 Å². The smallest absolute Gasteiger partial charge is 0.496 e. The van der Waals surface area contributed by atoms with Gasteiger partial charge in [0.15, 0.2) is 7.11 Å². The first-order valence-electron chi connectivity index (χ1n) is 9.50. The zero-order valence-corrected chi connectivity index (χ0v) is 18.3. The van der Waals surface area contributed by atoms with Gasteiger partial charge in [0, 0.05) is 21.9 Å². The Morgan fingerprint density at radius 1 is 1.40 bits per heavy atom. The first-order chi connectivity index (χ1) is 14.5. The zero-order valence-electron chi connectivity index (χ0n) is 16.7. The van der Waals surface area contributed by atoms with Crippen LogP contribution in [-0.2, 0) is 9.31 Å². The summed E-state index contributed by atoms with van der Waals surface area (Å²) in [6, 6.07) is 11.1. The van der Waals surface area contributed by atoms with Crippen LogP contribution < -0.4 is 10.6 Å². The molecule has 2 aromatic rings. The number of aliphatic hydroxyl groups excluding tert-OH is 1. The summed E-state index contributed by atoms with van der Waals surface area (Å²) in [5.41, 5.74) is 3.11. The van der Waals surface area contributed by atoms with E-state index in [1.54, 1.807) is 13.1 Å². The Bertz CT molecular complexity index is 961. The van der Waals surface area contributed by atoms with E-state index >= 15 is 0 Å². The quantitative estimate of drug-likeness (QED) is 0.287. The summed E-state index contributed by atoms with van der Waals surface area (Å²) in [6.45, 7) is 1.89. The number of amidine groups is 1. The van der Waals surface area contributed by atoms with Crippen molar-refractivity contribution in [1.29, 1.82) is 0 Å². The van der Waals surface area contributed by atoms with E-state index in [-0.39, 0.29) is 18.9 Å². The lowest BCUT2D eigenvalue weighted by molar-refractivity contribution is -1.05. The molecule has 1 aliphatic heterocycles. The highest BCUT2D eigenvalue weighted by Crippen LogP contribution is 2.28. The van der Waals surface area contributed by atoms with Crippen molar-refractivity contribution in [2.75, 3.05) is 19.0 Å². The molecule has 1 unspecified atom stereocenters. The molecular formula is C21H23BrN4O4. The van der Waals surface area contributed by atoms with E-state index < -0.39 is 12.1 Å². The van der Waals surface area contributed by atoms with Crippen molar-refractivity contribution in [1.82, 2.24) is 4.98 Å². The van der Waals surface area contributed by atoms with Crippen molar-refractivity contribution in [2.24, 2.45) is 9.98 Å². The van der Waals surface area contributed by atoms with Gasteiger partial charge in [-0.15, -0.1) is 0 Å². The highest BCUT2D eigenvalue weighted by molar-refractivity contribution is 9.10. The van der Waals surface area contributed by atoms with Crippen molar-refractivity contribution >= 4 is 39.1 Å². The lowest BCUT2D eigenvalue weighted by atomic mass is 10.0. The second-order valence-corrected chi connectivity index (χ2v) is 7.71. The highest BCUT2D eigenvalue weighted by atomic mass is 79.9. The number of nitrogens with zero attached hydrogens (tertiary/aromatic N) is 3. The predicted octanol–water partition coefficient (Wildman–Crippen LogP) is 2.02. The number of hydrogen-bond acceptors (Lipinski definition) is 6. The minimum atomic E-state index is -0.599. The molecule has 2 N–H and O–H groups in total. The van der Waals surface area contributed by atoms with Gasteiger partial charge in [-0.25, -0.2) is 0 Å². The topological polar surface area (TPSA) is 113 Å². The molecule has 1 aromatic carbocycles. The molecule has 9 heteroatoms. The number of anilines is 1. The molecule has 0 radical (unpaired) electrons. The summed E-state index contributed by atoms with van der Waals surface area (Å²) in [5, 5.41) is 23.9. The molecule has 0 aliphatic carbocycles. The molecule has 0 spiro atoms. The summed E-state index contributed by atoms with van der Waals surface area (Å²) in [7, 11) is 1.39. The standard InChI is InChI=1S/C21H23BrN4O4/c1-13(27)12-24-21-18(8-9-19(29-2)30-28)25-20(17-5-3-4-10-23-17)15-11-14(22)6-7-16(15)26-21/h3-7,10-11,13,18,27H,8-9,12H2,1-2H3,(H,24,26)/t13?,18-/m0/s1. The maximum atomic E-state index is 10.8. The van der Waals surface area contributed by atoms with Crippen molar-refractivity contribution in [3.8, 4) is 0 Å². The monoisotopic (exact) mass is 474 g/mol. The number of halogens is 1. The number of pyridine rings is 1. The summed E-state index contributed by atoms with van der Waals surface area (Å²) >= 11 is 3.53. The molecule has 1 aromatic heterocycles. The third-order valence-corrected chi connectivity index (χ3v) is 4.97. The van der Waals surface area contributed by atoms with Gasteiger partial charge in [-0.1, -0.05) is 22.0 Å². The fourth-order valence-electron chi connectivity index (χ4n) is 3.05. The number of hydrogen-bond donors (Lipinski definition) is 2. The average molecular weight is 475 g/mol. The molecular weight excluding hydrogens is 452 g/mol. The van der Waals surface area contributed by atoms with Gasteiger partial charge in [0.1, 0.15) is 18.3 Å². The SMILES string of the molecule is COC(CC[C@@H]1N=C(c2ccccn2)c2cc(Br)ccc2NC1=NCC(C)O)=[O+][O-]. The maximum absolute atomic E-state index is 10.8. The number of esters is 1. The summed E-state index contributed by atoms with van der Waals surface area (Å²) in [6.07, 6.45) is 1.78. The van der Waals surface area contributed by atoms with Crippen LogP contribution in [0.2, 0.25) is 0 Å². The van der Waals surface area contributed by atoms with E-state index in [0.717, 1.165) is 21.4 Å². The van der Waals surface area contributed by atoms with E-state index in [4.69, 9.17) is 9.73 Å². The van der Waals surface area contributed by atoms with Gasteiger partial charge in [-0.2, -0.15) is 0 Å². The van der Waals surface area contributed by atoms with Crippen LogP contribution in [0.1, 0.15) is 31.0 Å². The lowest BCUT2D eigenvalue weighted by Gasteiger charge is -2.15. The Labute approximate surface area is 183 Å². The lowest BCUT2D eigenvalue weighted by Crippen LogP contribution is -2.28. The van der Waals surface area contributed by atoms with Crippen LogP contribution >= 0.6 is 15.9 Å². The van der Waals surface area contributed by atoms with Crippen molar-refractivity contribution in [3.05, 3.63) is 58.3 Å². The van der Waals surface area contributed by atoms with Gasteiger partial charge >= 0.3 is 5.97 Å². The molecule has 0 saturated carbocycles. The largest absolute Gasteiger partial charge is 0.588 e. The van der Waals surface area contributed by atoms with E-state index in [1.807, 2.05) is 36.4 Å². The number of fused-ring (bicyclic) bond motifs is 1. The van der Waals surface area contributed by atoms with Gasteiger partial charge in [0.05, 0.1) is 24.1 Å². The van der Waals surface area contributed by atoms with Crippen LogP contribution in [0.5, 0.6) is 0 Å². The van der Waals surface area contributed by atoms with Gasteiger partial charge < -0.3 is 20.4 Å². The number of nitrogens with one attached hydrogen (secondary N) is 1. The van der Waals surface area contributed by atoms with Crippen LogP contribution in [0, 0.1) is 0 Å². The number of benzene rings is 1. The van der Waals surface area contributed by atoms with Crippen molar-refractivity contribution in [2.45, 2.75) is 31.9 Å². The van der Waals surface area contributed by atoms with Crippen LogP contribution in [0.3, 0.4) is 0 Å². The molecule has 158 valence electrons. The fraction of sp³-hybridized carbons (Fsp3) is 0.333. The first kappa shape index (κ1) is 21.9. The summed E-state index contributed by atoms with van der Waals surface area (Å²) in [5.74, 6) is 0.565. The van der Waals surface area contributed by atoms with E-state index in [2.05, 4.69) is 35.8 Å². The van der Waals surface area contributed by atoms with Crippen LogP contribution in [0.25, 0.3) is 0 Å². The Hall–Kier alpha value is -2.78. The molecule has 3 rings (SSSR count). The second kappa shape index (κ2) is 10.3. The molecule has 30 heavy (non-hydrogen) atoms. The number of rotatable bonds is 6. The number of ether oxygens (including phenoxy) is 1. The molecule has 0 fully saturated rings. The van der Waals surface area contributed by atoms with E-state index in [9.17, 15) is 10.4 Å². The molecule has 8 nitrogen and oxygen atoms in total. The number of aliphatic hydroxyl groups is 1. The third kappa shape index (κ3) is 5.43. The van der Waals surface area contributed by atoms with Gasteiger partial charge in [-0.3, -0.25) is 19.5 Å². The van der Waals surface area contributed by atoms with E-state index in [0.29, 0.717) is 18.0 Å². The number of methoxy groups -OCH3 is 1. The van der Waals surface area contributed by atoms with Crippen LogP contribution in [0.15, 0.2) is 57.1 Å². The maximum Gasteiger partial charge on any atom is 0.496 e. The normalized spacial score (nSPS) is 18.8. The number of aromatic nitrogens is 1. The fourth-order valence-corrected chi connectivity index (χ4v) is 3.41. The van der Waals surface area contributed by atoms with Crippen molar-refractivity contribution < 1.29 is 19.7 Å². The number of benzodiazepines with no additional fused rings is 1. The average Bonchev–Trinajstić information content (AvgIpc) is 2.90.